The van der Waals surface area contributed by atoms with Crippen LogP contribution < -0.4 is 0 Å². The summed E-state index contributed by atoms with van der Waals surface area (Å²) in [4.78, 5) is 4.08. The van der Waals surface area contributed by atoms with Gasteiger partial charge in [-0.05, 0) is 0 Å². The molecule has 0 aromatic rings. The molecule has 0 aromatic heterocycles. The van der Waals surface area contributed by atoms with Gasteiger partial charge in [0.25, 0.3) is 0 Å². The fourth-order valence-electron chi connectivity index (χ4n) is 0.800. The molecule has 0 amide bonds. The summed E-state index contributed by atoms with van der Waals surface area (Å²) in [7, 11) is 7.55. The molecule has 1 radical (unpaired) electrons. The normalized spacial score (nSPS) is 9.73. The third-order valence-corrected chi connectivity index (χ3v) is 1.77. The number of hydrogen-bond acceptors (Lipinski definition) is 1. The van der Waals surface area contributed by atoms with E-state index in [-0.39, 0.29) is 0 Å². The van der Waals surface area contributed by atoms with Gasteiger partial charge in [0.1, 0.15) is 0 Å². The minimum atomic E-state index is -0.518. The Kier molecular flexibility index (Phi) is 4.18. The highest BCUT2D eigenvalue weighted by Gasteiger charge is 2.04. The van der Waals surface area contributed by atoms with Crippen molar-refractivity contribution in [1.82, 2.24) is 9.80 Å². The first-order valence-corrected chi connectivity index (χ1v) is 6.13. The topological polar surface area (TPSA) is 18.8 Å². The third-order valence-electron chi connectivity index (χ3n) is 1.12. The number of rotatable bonds is 1. The first-order chi connectivity index (χ1) is 4.95. The van der Waals surface area contributed by atoms with Crippen LogP contribution in [-0.2, 0) is 0 Å². The van der Waals surface area contributed by atoms with Gasteiger partial charge in [-0.2, -0.15) is 0 Å². The minimum Gasteiger partial charge on any atom is -0.350 e. The largest absolute Gasteiger partial charge is 0.350 e. The van der Waals surface area contributed by atoms with Crippen LogP contribution in [-0.4, -0.2) is 52.9 Å². The first kappa shape index (κ1) is 10.5. The molecule has 3 nitrogen and oxygen atoms in total. The van der Waals surface area contributed by atoms with Gasteiger partial charge in [-0.1, -0.05) is 13.1 Å². The highest BCUT2D eigenvalue weighted by atomic mass is 28.3. The Morgan fingerprint density at radius 2 is 1.36 bits per heavy atom. The molecule has 11 heavy (non-hydrogen) atoms. The maximum atomic E-state index is 4.55. The average molecular weight is 172 g/mol. The molecular formula is C7H18N3Si. The van der Waals surface area contributed by atoms with E-state index in [4.69, 9.17) is 0 Å². The van der Waals surface area contributed by atoms with Gasteiger partial charge in [0, 0.05) is 28.2 Å². The van der Waals surface area contributed by atoms with E-state index in [0.717, 1.165) is 5.96 Å². The molecule has 0 rings (SSSR count). The van der Waals surface area contributed by atoms with Crippen molar-refractivity contribution in [2.24, 2.45) is 4.66 Å². The van der Waals surface area contributed by atoms with Gasteiger partial charge in [0.05, 0.1) is 0 Å². The SMILES string of the molecule is CN(C)C(=N[Si](C)C)N(C)C. The van der Waals surface area contributed by atoms with Crippen LogP contribution in [0.15, 0.2) is 4.66 Å². The van der Waals surface area contributed by atoms with Gasteiger partial charge in [-0.25, -0.2) is 0 Å². The summed E-state index contributed by atoms with van der Waals surface area (Å²) in [6.45, 7) is 4.36. The average Bonchev–Trinajstić information content (AvgIpc) is 1.81. The highest BCUT2D eigenvalue weighted by Crippen LogP contribution is 1.91. The monoisotopic (exact) mass is 172 g/mol. The van der Waals surface area contributed by atoms with Crippen LogP contribution >= 0.6 is 0 Å². The fourth-order valence-corrected chi connectivity index (χ4v) is 1.60. The Bertz CT molecular complexity index is 131. The van der Waals surface area contributed by atoms with Gasteiger partial charge < -0.3 is 9.80 Å². The smallest absolute Gasteiger partial charge is 0.194 e. The van der Waals surface area contributed by atoms with E-state index in [9.17, 15) is 0 Å². The van der Waals surface area contributed by atoms with Crippen molar-refractivity contribution in [2.75, 3.05) is 28.2 Å². The van der Waals surface area contributed by atoms with Gasteiger partial charge in [0.2, 0.25) is 0 Å². The summed E-state index contributed by atoms with van der Waals surface area (Å²) >= 11 is 0. The summed E-state index contributed by atoms with van der Waals surface area (Å²) in [5.74, 6) is 1.06. The highest BCUT2D eigenvalue weighted by molar-refractivity contribution is 6.55. The second kappa shape index (κ2) is 4.38. The Morgan fingerprint density at radius 1 is 1.00 bits per heavy atom. The Hall–Kier alpha value is -0.513. The van der Waals surface area contributed by atoms with Gasteiger partial charge in [0.15, 0.2) is 14.9 Å². The molecule has 0 saturated carbocycles. The molecule has 0 fully saturated rings. The molecule has 0 aliphatic heterocycles. The quantitative estimate of drug-likeness (QED) is 0.330. The van der Waals surface area contributed by atoms with E-state index < -0.39 is 8.96 Å². The van der Waals surface area contributed by atoms with Crippen molar-refractivity contribution < 1.29 is 0 Å². The number of hydrogen-bond donors (Lipinski definition) is 0. The molecule has 0 atom stereocenters. The van der Waals surface area contributed by atoms with Crippen molar-refractivity contribution in [3.63, 3.8) is 0 Å². The zero-order valence-corrected chi connectivity index (χ0v) is 9.34. The van der Waals surface area contributed by atoms with Crippen molar-refractivity contribution in [1.29, 1.82) is 0 Å². The van der Waals surface area contributed by atoms with E-state index in [1.54, 1.807) is 0 Å². The Morgan fingerprint density at radius 3 is 1.45 bits per heavy atom. The number of nitrogens with zero attached hydrogens (tertiary/aromatic N) is 3. The molecule has 65 valence electrons. The summed E-state index contributed by atoms with van der Waals surface area (Å²) in [6.07, 6.45) is 0. The van der Waals surface area contributed by atoms with Crippen LogP contribution in [0.3, 0.4) is 0 Å². The predicted molar refractivity (Wildman–Crippen MR) is 52.3 cm³/mol. The summed E-state index contributed by atoms with van der Waals surface area (Å²) in [5.41, 5.74) is 0. The van der Waals surface area contributed by atoms with Gasteiger partial charge in [-0.3, -0.25) is 4.66 Å². The zero-order chi connectivity index (χ0) is 9.02. The van der Waals surface area contributed by atoms with E-state index >= 15 is 0 Å². The van der Waals surface area contributed by atoms with Crippen molar-refractivity contribution >= 4 is 14.9 Å². The molecule has 0 unspecified atom stereocenters. The molecule has 0 aliphatic carbocycles. The first-order valence-electron chi connectivity index (χ1n) is 3.68. The summed E-state index contributed by atoms with van der Waals surface area (Å²) in [6, 6.07) is 0. The van der Waals surface area contributed by atoms with Crippen LogP contribution in [0.4, 0.5) is 0 Å². The molecule has 0 aliphatic rings. The molecule has 0 heterocycles. The minimum absolute atomic E-state index is 0.518. The van der Waals surface area contributed by atoms with E-state index in [1.165, 1.54) is 0 Å². The molecule has 0 bridgehead atoms. The van der Waals surface area contributed by atoms with Crippen LogP contribution in [0.2, 0.25) is 13.1 Å². The lowest BCUT2D eigenvalue weighted by atomic mass is 10.7. The van der Waals surface area contributed by atoms with Crippen LogP contribution in [0.25, 0.3) is 0 Å². The summed E-state index contributed by atoms with van der Waals surface area (Å²) < 4.78 is 4.55. The molecular weight excluding hydrogens is 154 g/mol. The molecule has 0 saturated heterocycles. The molecule has 0 aromatic carbocycles. The second-order valence-electron chi connectivity index (χ2n) is 3.15. The van der Waals surface area contributed by atoms with Gasteiger partial charge >= 0.3 is 0 Å². The Labute approximate surface area is 71.4 Å². The predicted octanol–water partition coefficient (Wildman–Crippen LogP) is 0.717. The van der Waals surface area contributed by atoms with Crippen LogP contribution in [0, 0.1) is 0 Å². The maximum absolute atomic E-state index is 4.55. The molecule has 4 heteroatoms. The maximum Gasteiger partial charge on any atom is 0.194 e. The fraction of sp³-hybridized carbons (Fsp3) is 0.857. The third kappa shape index (κ3) is 4.03. The lowest BCUT2D eigenvalue weighted by Gasteiger charge is -2.23. The summed E-state index contributed by atoms with van der Waals surface area (Å²) in [5, 5.41) is 0. The number of guanidine groups is 1. The van der Waals surface area contributed by atoms with Crippen LogP contribution in [0.5, 0.6) is 0 Å². The zero-order valence-electron chi connectivity index (χ0n) is 8.34. The van der Waals surface area contributed by atoms with Gasteiger partial charge in [-0.15, -0.1) is 0 Å². The lowest BCUT2D eigenvalue weighted by Crippen LogP contribution is -2.36. The van der Waals surface area contributed by atoms with E-state index in [2.05, 4.69) is 17.8 Å². The molecule has 0 spiro atoms. The van der Waals surface area contributed by atoms with Crippen molar-refractivity contribution in [2.45, 2.75) is 13.1 Å². The van der Waals surface area contributed by atoms with Crippen LogP contribution in [0.1, 0.15) is 0 Å². The Balaban J connectivity index is 4.33. The lowest BCUT2D eigenvalue weighted by molar-refractivity contribution is 0.485. The van der Waals surface area contributed by atoms with Crippen molar-refractivity contribution in [3.05, 3.63) is 0 Å². The van der Waals surface area contributed by atoms with Crippen molar-refractivity contribution in [3.8, 4) is 0 Å². The molecule has 0 N–H and O–H groups in total. The second-order valence-corrected chi connectivity index (χ2v) is 5.27. The van der Waals surface area contributed by atoms with E-state index in [0.29, 0.717) is 0 Å². The van der Waals surface area contributed by atoms with E-state index in [1.807, 2.05) is 38.0 Å². The standard InChI is InChI=1S/C7H18N3Si/c1-9(2)7(10(3)4)8-11(5)6/h1-6H3.